The maximum atomic E-state index is 4.26. The topological polar surface area (TPSA) is 61.9 Å². The van der Waals surface area contributed by atoms with Gasteiger partial charge in [-0.2, -0.15) is 0 Å². The second-order valence-electron chi connectivity index (χ2n) is 5.23. The first-order valence-electron chi connectivity index (χ1n) is 6.96. The summed E-state index contributed by atoms with van der Waals surface area (Å²) in [6.45, 7) is 2.09. The second kappa shape index (κ2) is 5.52. The minimum atomic E-state index is 0.586. The Morgan fingerprint density at radius 3 is 2.78 bits per heavy atom. The van der Waals surface area contributed by atoms with E-state index in [1.54, 1.807) is 6.33 Å². The molecule has 1 unspecified atom stereocenters. The van der Waals surface area contributed by atoms with E-state index >= 15 is 0 Å². The summed E-state index contributed by atoms with van der Waals surface area (Å²) in [6, 6.07) is 3.21. The summed E-state index contributed by atoms with van der Waals surface area (Å²) in [7, 11) is 0. The van der Waals surface area contributed by atoms with Gasteiger partial charge in [-0.1, -0.05) is 0 Å². The average molecular weight is 247 g/mol. The van der Waals surface area contributed by atoms with Crippen molar-refractivity contribution in [1.82, 2.24) is 15.3 Å². The van der Waals surface area contributed by atoms with Gasteiger partial charge in [0.15, 0.2) is 0 Å². The molecule has 1 aromatic heterocycles. The number of aromatic nitrogens is 2. The quantitative estimate of drug-likeness (QED) is 0.738. The molecule has 0 radical (unpaired) electrons. The van der Waals surface area contributed by atoms with Gasteiger partial charge in [0, 0.05) is 24.7 Å². The molecule has 5 heteroatoms. The van der Waals surface area contributed by atoms with Crippen LogP contribution in [0.2, 0.25) is 0 Å². The Morgan fingerprint density at radius 2 is 2.06 bits per heavy atom. The van der Waals surface area contributed by atoms with Gasteiger partial charge in [0.05, 0.1) is 0 Å². The molecule has 5 nitrogen and oxygen atoms in total. The van der Waals surface area contributed by atoms with Crippen molar-refractivity contribution >= 4 is 11.6 Å². The maximum absolute atomic E-state index is 4.26. The fourth-order valence-corrected chi connectivity index (χ4v) is 2.45. The van der Waals surface area contributed by atoms with Gasteiger partial charge in [0.25, 0.3) is 0 Å². The van der Waals surface area contributed by atoms with Crippen molar-refractivity contribution in [2.45, 2.75) is 44.2 Å². The molecular formula is C13H21N5. The summed E-state index contributed by atoms with van der Waals surface area (Å²) in [5, 5.41) is 10.3. The van der Waals surface area contributed by atoms with Gasteiger partial charge >= 0.3 is 0 Å². The molecule has 1 atom stereocenters. The van der Waals surface area contributed by atoms with Gasteiger partial charge in [-0.05, 0) is 38.6 Å². The summed E-state index contributed by atoms with van der Waals surface area (Å²) in [4.78, 5) is 8.52. The Kier molecular flexibility index (Phi) is 3.59. The number of anilines is 2. The number of rotatable bonds is 5. The molecule has 18 heavy (non-hydrogen) atoms. The zero-order valence-electron chi connectivity index (χ0n) is 10.7. The molecule has 2 heterocycles. The molecule has 98 valence electrons. The molecule has 3 N–H and O–H groups in total. The minimum Gasteiger partial charge on any atom is -0.368 e. The summed E-state index contributed by atoms with van der Waals surface area (Å²) in [5.74, 6) is 1.86. The smallest absolute Gasteiger partial charge is 0.131 e. The zero-order valence-corrected chi connectivity index (χ0v) is 10.7. The zero-order chi connectivity index (χ0) is 12.2. The predicted molar refractivity (Wildman–Crippen MR) is 72.8 cm³/mol. The van der Waals surface area contributed by atoms with E-state index in [-0.39, 0.29) is 0 Å². The fraction of sp³-hybridized carbons (Fsp3) is 0.692. The van der Waals surface area contributed by atoms with Crippen molar-refractivity contribution < 1.29 is 0 Å². The first kappa shape index (κ1) is 11.7. The van der Waals surface area contributed by atoms with E-state index in [2.05, 4.69) is 25.9 Å². The standard InChI is InChI=1S/C13H21N5/c1-3-10(4-1)18-13-7-12(16-9-17-13)15-8-11-5-2-6-14-11/h7,9-11,14H,1-6,8H2,(H2,15,16,17,18). The molecule has 0 amide bonds. The molecule has 2 fully saturated rings. The van der Waals surface area contributed by atoms with Gasteiger partial charge in [-0.25, -0.2) is 9.97 Å². The SMILES string of the molecule is c1nc(NCC2CCCN2)cc(NC2CCC2)n1. The lowest BCUT2D eigenvalue weighted by atomic mass is 9.93. The van der Waals surface area contributed by atoms with Crippen LogP contribution in [0, 0.1) is 0 Å². The second-order valence-corrected chi connectivity index (χ2v) is 5.23. The molecule has 1 saturated carbocycles. The monoisotopic (exact) mass is 247 g/mol. The molecule has 1 aliphatic carbocycles. The third-order valence-corrected chi connectivity index (χ3v) is 3.82. The largest absolute Gasteiger partial charge is 0.368 e. The maximum Gasteiger partial charge on any atom is 0.131 e. The Labute approximate surface area is 108 Å². The number of nitrogens with one attached hydrogen (secondary N) is 3. The van der Waals surface area contributed by atoms with Gasteiger partial charge in [-0.3, -0.25) is 0 Å². The number of hydrogen-bond donors (Lipinski definition) is 3. The Balaban J connectivity index is 1.52. The van der Waals surface area contributed by atoms with E-state index in [1.165, 1.54) is 32.1 Å². The van der Waals surface area contributed by atoms with Gasteiger partial charge in [-0.15, -0.1) is 0 Å². The first-order chi connectivity index (χ1) is 8.90. The Hall–Kier alpha value is -1.36. The van der Waals surface area contributed by atoms with Crippen molar-refractivity contribution in [2.24, 2.45) is 0 Å². The number of hydrogen-bond acceptors (Lipinski definition) is 5. The molecule has 0 aromatic carbocycles. The van der Waals surface area contributed by atoms with Crippen LogP contribution in [-0.2, 0) is 0 Å². The fourth-order valence-electron chi connectivity index (χ4n) is 2.45. The molecule has 1 aromatic rings. The molecule has 3 rings (SSSR count). The lowest BCUT2D eigenvalue weighted by Gasteiger charge is -2.26. The Morgan fingerprint density at radius 1 is 1.17 bits per heavy atom. The highest BCUT2D eigenvalue weighted by Gasteiger charge is 2.17. The van der Waals surface area contributed by atoms with Crippen LogP contribution in [0.5, 0.6) is 0 Å². The van der Waals surface area contributed by atoms with Crippen LogP contribution >= 0.6 is 0 Å². The molecule has 0 spiro atoms. The molecule has 2 aliphatic rings. The molecule has 0 bridgehead atoms. The first-order valence-corrected chi connectivity index (χ1v) is 6.96. The van der Waals surface area contributed by atoms with Crippen molar-refractivity contribution in [3.8, 4) is 0 Å². The molecule has 1 aliphatic heterocycles. The number of nitrogens with zero attached hydrogens (tertiary/aromatic N) is 2. The lowest BCUT2D eigenvalue weighted by Crippen LogP contribution is -2.30. The van der Waals surface area contributed by atoms with Crippen LogP contribution < -0.4 is 16.0 Å². The average Bonchev–Trinajstić information content (AvgIpc) is 2.85. The van der Waals surface area contributed by atoms with Crippen LogP contribution in [0.1, 0.15) is 32.1 Å². The van der Waals surface area contributed by atoms with Crippen molar-refractivity contribution in [3.05, 3.63) is 12.4 Å². The highest BCUT2D eigenvalue weighted by Crippen LogP contribution is 2.22. The summed E-state index contributed by atoms with van der Waals surface area (Å²) in [6.07, 6.45) is 8.03. The van der Waals surface area contributed by atoms with E-state index in [4.69, 9.17) is 0 Å². The third kappa shape index (κ3) is 2.90. The van der Waals surface area contributed by atoms with Gasteiger partial charge in [0.1, 0.15) is 18.0 Å². The molecule has 1 saturated heterocycles. The van der Waals surface area contributed by atoms with Crippen LogP contribution in [0.15, 0.2) is 12.4 Å². The van der Waals surface area contributed by atoms with Gasteiger partial charge < -0.3 is 16.0 Å². The highest BCUT2D eigenvalue weighted by atomic mass is 15.1. The van der Waals surface area contributed by atoms with Crippen LogP contribution in [0.3, 0.4) is 0 Å². The highest BCUT2D eigenvalue weighted by molar-refractivity contribution is 5.47. The normalized spacial score (nSPS) is 23.7. The van der Waals surface area contributed by atoms with E-state index in [9.17, 15) is 0 Å². The lowest BCUT2D eigenvalue weighted by molar-refractivity contribution is 0.444. The van der Waals surface area contributed by atoms with Crippen LogP contribution in [-0.4, -0.2) is 35.1 Å². The van der Waals surface area contributed by atoms with E-state index in [0.717, 1.165) is 24.7 Å². The van der Waals surface area contributed by atoms with Crippen LogP contribution in [0.25, 0.3) is 0 Å². The summed E-state index contributed by atoms with van der Waals surface area (Å²) < 4.78 is 0. The third-order valence-electron chi connectivity index (χ3n) is 3.82. The predicted octanol–water partition coefficient (Wildman–Crippen LogP) is 1.60. The van der Waals surface area contributed by atoms with Crippen molar-refractivity contribution in [2.75, 3.05) is 23.7 Å². The molecular weight excluding hydrogens is 226 g/mol. The van der Waals surface area contributed by atoms with E-state index in [0.29, 0.717) is 12.1 Å². The minimum absolute atomic E-state index is 0.586. The van der Waals surface area contributed by atoms with E-state index in [1.807, 2.05) is 6.07 Å². The van der Waals surface area contributed by atoms with Crippen LogP contribution in [0.4, 0.5) is 11.6 Å². The van der Waals surface area contributed by atoms with E-state index < -0.39 is 0 Å². The Bertz CT molecular complexity index is 385. The van der Waals surface area contributed by atoms with Crippen molar-refractivity contribution in [3.63, 3.8) is 0 Å². The van der Waals surface area contributed by atoms with Crippen molar-refractivity contribution in [1.29, 1.82) is 0 Å². The summed E-state index contributed by atoms with van der Waals surface area (Å²) >= 11 is 0. The summed E-state index contributed by atoms with van der Waals surface area (Å²) in [5.41, 5.74) is 0. The van der Waals surface area contributed by atoms with Gasteiger partial charge in [0.2, 0.25) is 0 Å².